The molecule has 0 aliphatic carbocycles. The summed E-state index contributed by atoms with van der Waals surface area (Å²) >= 11 is 0. The minimum Gasteiger partial charge on any atom is -0.342 e. The van der Waals surface area contributed by atoms with E-state index in [0.717, 1.165) is 22.4 Å². The highest BCUT2D eigenvalue weighted by molar-refractivity contribution is 5.85. The highest BCUT2D eigenvalue weighted by atomic mass is 19.4. The molecule has 0 aliphatic heterocycles. The van der Waals surface area contributed by atoms with Gasteiger partial charge in [-0.15, -0.1) is 0 Å². The summed E-state index contributed by atoms with van der Waals surface area (Å²) in [7, 11) is 0. The van der Waals surface area contributed by atoms with Crippen molar-refractivity contribution in [1.82, 2.24) is 10.3 Å². The number of benzene rings is 2. The minimum absolute atomic E-state index is 0.260. The number of aromatic nitrogens is 1. The second kappa shape index (κ2) is 7.34. The van der Waals surface area contributed by atoms with Gasteiger partial charge in [0.05, 0.1) is 6.04 Å². The van der Waals surface area contributed by atoms with Crippen LogP contribution in [0.2, 0.25) is 0 Å². The van der Waals surface area contributed by atoms with Crippen LogP contribution in [0.15, 0.2) is 54.9 Å². The van der Waals surface area contributed by atoms with Gasteiger partial charge in [0.25, 0.3) is 0 Å². The molecule has 0 spiro atoms. The number of nitrogens with zero attached hydrogens (tertiary/aromatic N) is 1. The molecule has 3 rings (SSSR count). The van der Waals surface area contributed by atoms with E-state index >= 15 is 0 Å². The minimum atomic E-state index is -4.98. The van der Waals surface area contributed by atoms with Gasteiger partial charge in [0.1, 0.15) is 5.82 Å². The van der Waals surface area contributed by atoms with Crippen LogP contribution >= 0.6 is 0 Å². The zero-order valence-corrected chi connectivity index (χ0v) is 14.3. The highest BCUT2D eigenvalue weighted by Gasteiger charge is 2.39. The van der Waals surface area contributed by atoms with Crippen LogP contribution in [0.5, 0.6) is 0 Å². The first kappa shape index (κ1) is 18.8. The third kappa shape index (κ3) is 4.24. The van der Waals surface area contributed by atoms with Crippen molar-refractivity contribution < 1.29 is 22.4 Å². The number of pyridine rings is 1. The third-order valence-electron chi connectivity index (χ3n) is 4.33. The van der Waals surface area contributed by atoms with E-state index in [1.54, 1.807) is 12.4 Å². The predicted octanol–water partition coefficient (Wildman–Crippen LogP) is 4.70. The quantitative estimate of drug-likeness (QED) is 0.671. The second-order valence-corrected chi connectivity index (χ2v) is 6.23. The van der Waals surface area contributed by atoms with Gasteiger partial charge >= 0.3 is 12.1 Å². The molecule has 2 aromatic carbocycles. The van der Waals surface area contributed by atoms with E-state index in [2.05, 4.69) is 4.98 Å². The van der Waals surface area contributed by atoms with Crippen molar-refractivity contribution in [2.75, 3.05) is 0 Å². The first-order valence-corrected chi connectivity index (χ1v) is 8.23. The molecule has 7 heteroatoms. The number of carbonyl (C=O) groups excluding carboxylic acids is 1. The Kier molecular flexibility index (Phi) is 5.12. The van der Waals surface area contributed by atoms with Crippen LogP contribution in [0.1, 0.15) is 29.7 Å². The standard InChI is InChI=1S/C20H16F4N2O/c1-12(26-19(27)20(22,23)24)13-5-6-15(18(21)10-13)9-14-3-2-4-16-11-25-8-7-17(14)16/h2-8,10-12H,9H2,1H3,(H,26,27). The number of halogens is 4. The van der Waals surface area contributed by atoms with Gasteiger partial charge in [-0.25, -0.2) is 4.39 Å². The van der Waals surface area contributed by atoms with Crippen molar-refractivity contribution in [3.8, 4) is 0 Å². The Balaban J connectivity index is 1.82. The van der Waals surface area contributed by atoms with E-state index in [1.807, 2.05) is 29.6 Å². The van der Waals surface area contributed by atoms with Gasteiger partial charge in [-0.05, 0) is 41.1 Å². The number of carbonyl (C=O) groups is 1. The molecule has 0 aliphatic rings. The molecule has 0 saturated heterocycles. The molecule has 1 aromatic heterocycles. The Morgan fingerprint density at radius 3 is 2.63 bits per heavy atom. The molecule has 27 heavy (non-hydrogen) atoms. The lowest BCUT2D eigenvalue weighted by atomic mass is 9.97. The highest BCUT2D eigenvalue weighted by Crippen LogP contribution is 2.24. The average molecular weight is 376 g/mol. The fourth-order valence-corrected chi connectivity index (χ4v) is 2.89. The van der Waals surface area contributed by atoms with Crippen LogP contribution in [0, 0.1) is 5.82 Å². The number of nitrogens with one attached hydrogen (secondary N) is 1. The normalized spacial score (nSPS) is 12.8. The third-order valence-corrected chi connectivity index (χ3v) is 4.33. The van der Waals surface area contributed by atoms with Crippen LogP contribution in [0.4, 0.5) is 17.6 Å². The molecule has 1 atom stereocenters. The van der Waals surface area contributed by atoms with Gasteiger partial charge in [-0.3, -0.25) is 9.78 Å². The maximum Gasteiger partial charge on any atom is 0.471 e. The SMILES string of the molecule is CC(NC(=O)C(F)(F)F)c1ccc(Cc2cccc3cnccc23)c(F)c1. The Bertz CT molecular complexity index is 980. The zero-order chi connectivity index (χ0) is 19.6. The van der Waals surface area contributed by atoms with E-state index in [-0.39, 0.29) is 5.56 Å². The number of hydrogen-bond donors (Lipinski definition) is 1. The average Bonchev–Trinajstić information content (AvgIpc) is 2.62. The fourth-order valence-electron chi connectivity index (χ4n) is 2.89. The summed E-state index contributed by atoms with van der Waals surface area (Å²) in [6.45, 7) is 1.37. The molecule has 1 amide bonds. The van der Waals surface area contributed by atoms with Crippen LogP contribution in [0.3, 0.4) is 0 Å². The summed E-state index contributed by atoms with van der Waals surface area (Å²) in [5, 5.41) is 3.72. The summed E-state index contributed by atoms with van der Waals surface area (Å²) in [4.78, 5) is 15.1. The van der Waals surface area contributed by atoms with Crippen LogP contribution in [0.25, 0.3) is 10.8 Å². The first-order chi connectivity index (χ1) is 12.8. The largest absolute Gasteiger partial charge is 0.471 e. The van der Waals surface area contributed by atoms with Gasteiger partial charge in [0.15, 0.2) is 0 Å². The fraction of sp³-hybridized carbons (Fsp3) is 0.200. The summed E-state index contributed by atoms with van der Waals surface area (Å²) in [5.74, 6) is -2.59. The maximum absolute atomic E-state index is 14.5. The van der Waals surface area contributed by atoms with Crippen LogP contribution < -0.4 is 5.32 Å². The number of amides is 1. The van der Waals surface area contributed by atoms with E-state index in [1.165, 1.54) is 19.1 Å². The lowest BCUT2D eigenvalue weighted by Gasteiger charge is -2.16. The molecule has 0 radical (unpaired) electrons. The summed E-state index contributed by atoms with van der Waals surface area (Å²) < 4.78 is 51.6. The van der Waals surface area contributed by atoms with Gasteiger partial charge in [-0.1, -0.05) is 30.3 Å². The number of fused-ring (bicyclic) bond motifs is 1. The van der Waals surface area contributed by atoms with E-state index in [9.17, 15) is 22.4 Å². The molecule has 1 N–H and O–H groups in total. The maximum atomic E-state index is 14.5. The lowest BCUT2D eigenvalue weighted by Crippen LogP contribution is -2.38. The number of hydrogen-bond acceptors (Lipinski definition) is 2. The molecule has 0 saturated carbocycles. The molecule has 3 nitrogen and oxygen atoms in total. The van der Waals surface area contributed by atoms with Crippen LogP contribution in [-0.2, 0) is 11.2 Å². The van der Waals surface area contributed by atoms with Gasteiger partial charge < -0.3 is 5.32 Å². The van der Waals surface area contributed by atoms with Crippen molar-refractivity contribution in [1.29, 1.82) is 0 Å². The van der Waals surface area contributed by atoms with Crippen LogP contribution in [-0.4, -0.2) is 17.1 Å². The Labute approximate surface area is 153 Å². The zero-order valence-electron chi connectivity index (χ0n) is 14.3. The van der Waals surface area contributed by atoms with Crippen molar-refractivity contribution in [3.05, 3.63) is 77.4 Å². The predicted molar refractivity (Wildman–Crippen MR) is 93.6 cm³/mol. The molecule has 1 unspecified atom stereocenters. The monoisotopic (exact) mass is 376 g/mol. The van der Waals surface area contributed by atoms with Crippen molar-refractivity contribution in [2.24, 2.45) is 0 Å². The smallest absolute Gasteiger partial charge is 0.342 e. The van der Waals surface area contributed by atoms with Crippen molar-refractivity contribution in [2.45, 2.75) is 25.6 Å². The van der Waals surface area contributed by atoms with Gasteiger partial charge in [0, 0.05) is 24.2 Å². The summed E-state index contributed by atoms with van der Waals surface area (Å²) in [6, 6.07) is 10.8. The molecule has 3 aromatic rings. The van der Waals surface area contributed by atoms with E-state index in [0.29, 0.717) is 12.0 Å². The number of rotatable bonds is 4. The Morgan fingerprint density at radius 2 is 1.93 bits per heavy atom. The molecule has 140 valence electrons. The summed E-state index contributed by atoms with van der Waals surface area (Å²) in [6.07, 6.45) is -1.26. The molecule has 1 heterocycles. The van der Waals surface area contributed by atoms with E-state index in [4.69, 9.17) is 0 Å². The first-order valence-electron chi connectivity index (χ1n) is 8.23. The Morgan fingerprint density at radius 1 is 1.15 bits per heavy atom. The topological polar surface area (TPSA) is 42.0 Å². The lowest BCUT2D eigenvalue weighted by molar-refractivity contribution is -0.174. The molecular weight excluding hydrogens is 360 g/mol. The van der Waals surface area contributed by atoms with Crippen molar-refractivity contribution >= 4 is 16.7 Å². The van der Waals surface area contributed by atoms with E-state index < -0.39 is 23.9 Å². The molecule has 0 bridgehead atoms. The molecule has 0 fully saturated rings. The molecular formula is C20H16F4N2O. The van der Waals surface area contributed by atoms with Gasteiger partial charge in [0.2, 0.25) is 0 Å². The van der Waals surface area contributed by atoms with Gasteiger partial charge in [-0.2, -0.15) is 13.2 Å². The van der Waals surface area contributed by atoms with Crippen molar-refractivity contribution in [3.63, 3.8) is 0 Å². The number of alkyl halides is 3. The summed E-state index contributed by atoms with van der Waals surface area (Å²) in [5.41, 5.74) is 1.59. The second-order valence-electron chi connectivity index (χ2n) is 6.23. The Hall–Kier alpha value is -2.96.